The Labute approximate surface area is 168 Å². The first-order valence-electron chi connectivity index (χ1n) is 8.26. The summed E-state index contributed by atoms with van der Waals surface area (Å²) in [7, 11) is 3.73. The van der Waals surface area contributed by atoms with E-state index in [2.05, 4.69) is 15.2 Å². The van der Waals surface area contributed by atoms with Gasteiger partial charge in [0.25, 0.3) is 0 Å². The summed E-state index contributed by atoms with van der Waals surface area (Å²) < 4.78 is 3.07. The molecule has 3 heterocycles. The van der Waals surface area contributed by atoms with Gasteiger partial charge in [-0.05, 0) is 23.6 Å². The third-order valence-electron chi connectivity index (χ3n) is 4.04. The number of thioether (sulfide) groups is 1. The van der Waals surface area contributed by atoms with Gasteiger partial charge in [0.2, 0.25) is 5.91 Å². The number of hydrogen-bond donors (Lipinski definition) is 0. The highest BCUT2D eigenvalue weighted by Crippen LogP contribution is 2.26. The lowest BCUT2D eigenvalue weighted by Crippen LogP contribution is -2.27. The normalized spacial score (nSPS) is 11.2. The summed E-state index contributed by atoms with van der Waals surface area (Å²) in [6.07, 6.45) is 0. The summed E-state index contributed by atoms with van der Waals surface area (Å²) in [4.78, 5) is 19.9. The average molecular weight is 416 g/mol. The van der Waals surface area contributed by atoms with E-state index in [4.69, 9.17) is 0 Å². The van der Waals surface area contributed by atoms with Crippen molar-refractivity contribution in [3.63, 3.8) is 0 Å². The second-order valence-electron chi connectivity index (χ2n) is 5.96. The van der Waals surface area contributed by atoms with Crippen LogP contribution >= 0.6 is 34.4 Å². The maximum Gasteiger partial charge on any atom is 0.233 e. The third-order valence-corrected chi connectivity index (χ3v) is 6.93. The predicted molar refractivity (Wildman–Crippen MR) is 111 cm³/mol. The van der Waals surface area contributed by atoms with Crippen molar-refractivity contribution in [2.75, 3.05) is 12.8 Å². The SMILES string of the molecule is CN(Cc1nc2ccccc2s1)C(=O)CSc1nnc(-c2cccs2)n1C. The predicted octanol–water partition coefficient (Wildman–Crippen LogP) is 3.90. The number of rotatable bonds is 6. The molecule has 138 valence electrons. The lowest BCUT2D eigenvalue weighted by Gasteiger charge is -2.15. The number of nitrogens with zero attached hydrogens (tertiary/aromatic N) is 5. The molecule has 9 heteroatoms. The summed E-state index contributed by atoms with van der Waals surface area (Å²) in [6, 6.07) is 12.0. The fourth-order valence-corrected chi connectivity index (χ4v) is 5.19. The lowest BCUT2D eigenvalue weighted by molar-refractivity contribution is -0.127. The molecule has 6 nitrogen and oxygen atoms in total. The van der Waals surface area contributed by atoms with Crippen molar-refractivity contribution in [1.82, 2.24) is 24.6 Å². The van der Waals surface area contributed by atoms with Crippen LogP contribution in [0.3, 0.4) is 0 Å². The third kappa shape index (κ3) is 3.90. The van der Waals surface area contributed by atoms with E-state index in [0.29, 0.717) is 12.3 Å². The van der Waals surface area contributed by atoms with Crippen LogP contribution in [0.15, 0.2) is 46.9 Å². The zero-order valence-corrected chi connectivity index (χ0v) is 17.3. The van der Waals surface area contributed by atoms with Gasteiger partial charge < -0.3 is 9.47 Å². The van der Waals surface area contributed by atoms with Crippen molar-refractivity contribution in [2.24, 2.45) is 7.05 Å². The number of aromatic nitrogens is 4. The van der Waals surface area contributed by atoms with Crippen LogP contribution in [0.2, 0.25) is 0 Å². The number of carbonyl (C=O) groups excluding carboxylic acids is 1. The van der Waals surface area contributed by atoms with Crippen LogP contribution in [-0.4, -0.2) is 43.4 Å². The van der Waals surface area contributed by atoms with Crippen LogP contribution in [0.1, 0.15) is 5.01 Å². The summed E-state index contributed by atoms with van der Waals surface area (Å²) in [5.41, 5.74) is 0.980. The topological polar surface area (TPSA) is 63.9 Å². The molecule has 0 unspecified atom stereocenters. The highest BCUT2D eigenvalue weighted by Gasteiger charge is 2.16. The molecule has 1 aromatic carbocycles. The Morgan fingerprint density at radius 2 is 2.07 bits per heavy atom. The molecule has 4 aromatic rings. The van der Waals surface area contributed by atoms with Crippen molar-refractivity contribution < 1.29 is 4.79 Å². The molecule has 1 amide bonds. The summed E-state index contributed by atoms with van der Waals surface area (Å²) in [5.74, 6) is 1.18. The molecule has 0 aliphatic rings. The van der Waals surface area contributed by atoms with Crippen LogP contribution in [0.5, 0.6) is 0 Å². The van der Waals surface area contributed by atoms with Gasteiger partial charge in [0.15, 0.2) is 11.0 Å². The fraction of sp³-hybridized carbons (Fsp3) is 0.222. The maximum atomic E-state index is 12.5. The monoisotopic (exact) mass is 415 g/mol. The first-order valence-corrected chi connectivity index (χ1v) is 10.9. The van der Waals surface area contributed by atoms with Gasteiger partial charge in [-0.15, -0.1) is 32.9 Å². The Morgan fingerprint density at radius 3 is 2.85 bits per heavy atom. The summed E-state index contributed by atoms with van der Waals surface area (Å²) in [6.45, 7) is 0.512. The minimum absolute atomic E-state index is 0.0416. The van der Waals surface area contributed by atoms with Crippen LogP contribution in [0.25, 0.3) is 20.9 Å². The van der Waals surface area contributed by atoms with E-state index in [9.17, 15) is 4.79 Å². The molecule has 0 saturated heterocycles. The minimum atomic E-state index is 0.0416. The summed E-state index contributed by atoms with van der Waals surface area (Å²) >= 11 is 4.65. The number of carbonyl (C=O) groups is 1. The molecular weight excluding hydrogens is 398 g/mol. The van der Waals surface area contributed by atoms with Gasteiger partial charge in [0, 0.05) is 14.1 Å². The van der Waals surface area contributed by atoms with Crippen molar-refractivity contribution in [3.05, 3.63) is 46.8 Å². The van der Waals surface area contributed by atoms with E-state index in [1.165, 1.54) is 11.8 Å². The van der Waals surface area contributed by atoms with Gasteiger partial charge in [-0.3, -0.25) is 4.79 Å². The molecule has 0 bridgehead atoms. The molecule has 0 fully saturated rings. The van der Waals surface area contributed by atoms with E-state index in [1.807, 2.05) is 60.4 Å². The van der Waals surface area contributed by atoms with Crippen molar-refractivity contribution in [1.29, 1.82) is 0 Å². The Hall–Kier alpha value is -2.23. The quantitative estimate of drug-likeness (QED) is 0.447. The van der Waals surface area contributed by atoms with Crippen LogP contribution in [0.4, 0.5) is 0 Å². The Morgan fingerprint density at radius 1 is 1.22 bits per heavy atom. The molecule has 3 aromatic heterocycles. The number of hydrogen-bond acceptors (Lipinski definition) is 7. The van der Waals surface area contributed by atoms with Crippen LogP contribution < -0.4 is 0 Å². The van der Waals surface area contributed by atoms with Gasteiger partial charge in [-0.25, -0.2) is 4.98 Å². The highest BCUT2D eigenvalue weighted by atomic mass is 32.2. The van der Waals surface area contributed by atoms with Gasteiger partial charge in [0.05, 0.1) is 27.4 Å². The fourth-order valence-electron chi connectivity index (χ4n) is 2.58. The van der Waals surface area contributed by atoms with E-state index in [0.717, 1.165) is 31.1 Å². The number of thiazole rings is 1. The van der Waals surface area contributed by atoms with Gasteiger partial charge >= 0.3 is 0 Å². The maximum absolute atomic E-state index is 12.5. The molecular formula is C18H17N5OS3. The second kappa shape index (κ2) is 7.79. The van der Waals surface area contributed by atoms with E-state index in [1.54, 1.807) is 27.6 Å². The second-order valence-corrected chi connectivity index (χ2v) is 8.96. The summed E-state index contributed by atoms with van der Waals surface area (Å²) in [5, 5.41) is 12.1. The molecule has 0 atom stereocenters. The minimum Gasteiger partial charge on any atom is -0.338 e. The van der Waals surface area contributed by atoms with Crippen molar-refractivity contribution in [3.8, 4) is 10.7 Å². The Balaban J connectivity index is 1.37. The molecule has 0 aliphatic carbocycles. The molecule has 0 saturated carbocycles. The van der Waals surface area contributed by atoms with E-state index in [-0.39, 0.29) is 5.91 Å². The number of thiophene rings is 1. The van der Waals surface area contributed by atoms with Gasteiger partial charge in [-0.1, -0.05) is 30.0 Å². The van der Waals surface area contributed by atoms with E-state index < -0.39 is 0 Å². The lowest BCUT2D eigenvalue weighted by atomic mass is 10.3. The zero-order valence-electron chi connectivity index (χ0n) is 14.8. The zero-order chi connectivity index (χ0) is 18.8. The molecule has 27 heavy (non-hydrogen) atoms. The standard InChI is InChI=1S/C18H17N5OS3/c1-22(10-15-19-12-6-3-4-7-13(12)27-15)16(24)11-26-18-21-20-17(23(18)2)14-8-5-9-25-14/h3-9H,10-11H2,1-2H3. The molecule has 0 N–H and O–H groups in total. The molecule has 0 spiro atoms. The molecule has 0 radical (unpaired) electrons. The Bertz CT molecular complexity index is 1040. The van der Waals surface area contributed by atoms with Crippen LogP contribution in [-0.2, 0) is 18.4 Å². The highest BCUT2D eigenvalue weighted by molar-refractivity contribution is 7.99. The first kappa shape index (κ1) is 18.1. The van der Waals surface area contributed by atoms with Crippen LogP contribution in [0, 0.1) is 0 Å². The van der Waals surface area contributed by atoms with E-state index >= 15 is 0 Å². The molecule has 4 rings (SSSR count). The average Bonchev–Trinajstić information content (AvgIpc) is 3.38. The number of benzene rings is 1. The van der Waals surface area contributed by atoms with Gasteiger partial charge in [-0.2, -0.15) is 0 Å². The molecule has 0 aliphatic heterocycles. The van der Waals surface area contributed by atoms with Crippen molar-refractivity contribution in [2.45, 2.75) is 11.7 Å². The smallest absolute Gasteiger partial charge is 0.233 e. The number of para-hydroxylation sites is 1. The number of fused-ring (bicyclic) bond motifs is 1. The first-order chi connectivity index (χ1) is 13.1. The number of amides is 1. The Kier molecular flexibility index (Phi) is 5.24. The van der Waals surface area contributed by atoms with Gasteiger partial charge in [0.1, 0.15) is 5.01 Å². The van der Waals surface area contributed by atoms with Crippen molar-refractivity contribution >= 4 is 50.6 Å². The largest absolute Gasteiger partial charge is 0.338 e.